The third-order valence-corrected chi connectivity index (χ3v) is 3.51. The first-order valence-electron chi connectivity index (χ1n) is 5.96. The molecule has 8 nitrogen and oxygen atoms in total. The van der Waals surface area contributed by atoms with Gasteiger partial charge in [-0.25, -0.2) is 19.3 Å². The lowest BCUT2D eigenvalue weighted by Crippen LogP contribution is -2.17. The summed E-state index contributed by atoms with van der Waals surface area (Å²) < 4.78 is 2.90. The maximum Gasteiger partial charge on any atom is 0.348 e. The first-order chi connectivity index (χ1) is 10.1. The van der Waals surface area contributed by atoms with E-state index in [4.69, 9.17) is 11.6 Å². The Labute approximate surface area is 120 Å². The van der Waals surface area contributed by atoms with Crippen molar-refractivity contribution < 1.29 is 0 Å². The molecule has 0 radical (unpaired) electrons. The normalized spacial score (nSPS) is 11.5. The van der Waals surface area contributed by atoms with Crippen LogP contribution in [-0.2, 0) is 0 Å². The van der Waals surface area contributed by atoms with E-state index >= 15 is 0 Å². The number of hydrogen-bond acceptors (Lipinski definition) is 4. The van der Waals surface area contributed by atoms with Crippen LogP contribution < -0.4 is 11.2 Å². The van der Waals surface area contributed by atoms with Crippen molar-refractivity contribution in [1.82, 2.24) is 29.1 Å². The molecule has 0 saturated heterocycles. The van der Waals surface area contributed by atoms with E-state index in [2.05, 4.69) is 20.2 Å². The van der Waals surface area contributed by atoms with Gasteiger partial charge in [-0.3, -0.25) is 4.79 Å². The molecule has 9 heteroatoms. The van der Waals surface area contributed by atoms with Gasteiger partial charge in [0.1, 0.15) is 0 Å². The predicted octanol–water partition coefficient (Wildman–Crippen LogP) is 0.703. The molecule has 4 rings (SSSR count). The standard InChI is InChI=1S/C12H7ClN6O2/c13-6-3-9-7(4-8(6)18-2-1-14-5-18)15-11(20)10-16-17-12(21)19(9)10/h1-5H,(H,15,20)(H,17,21). The average molecular weight is 303 g/mol. The summed E-state index contributed by atoms with van der Waals surface area (Å²) in [6, 6.07) is 3.28. The zero-order valence-electron chi connectivity index (χ0n) is 10.4. The molecular formula is C12H7ClN6O2. The summed E-state index contributed by atoms with van der Waals surface area (Å²) in [5.74, 6) is 0. The number of nitrogens with zero attached hydrogens (tertiary/aromatic N) is 4. The third-order valence-electron chi connectivity index (χ3n) is 3.21. The van der Waals surface area contributed by atoms with Gasteiger partial charge in [0.25, 0.3) is 5.56 Å². The van der Waals surface area contributed by atoms with Crippen molar-refractivity contribution in [3.8, 4) is 5.69 Å². The van der Waals surface area contributed by atoms with E-state index < -0.39 is 11.2 Å². The summed E-state index contributed by atoms with van der Waals surface area (Å²) in [6.45, 7) is 0. The van der Waals surface area contributed by atoms with E-state index in [0.717, 1.165) is 0 Å². The summed E-state index contributed by atoms with van der Waals surface area (Å²) in [5, 5.41) is 6.36. The van der Waals surface area contributed by atoms with Crippen molar-refractivity contribution in [3.05, 3.63) is 56.7 Å². The Balaban J connectivity index is 2.19. The number of aromatic nitrogens is 6. The van der Waals surface area contributed by atoms with Gasteiger partial charge in [0.05, 0.1) is 28.1 Å². The first-order valence-corrected chi connectivity index (χ1v) is 6.34. The largest absolute Gasteiger partial charge is 0.348 e. The van der Waals surface area contributed by atoms with E-state index in [1.165, 1.54) is 4.40 Å². The van der Waals surface area contributed by atoms with E-state index in [1.807, 2.05) is 0 Å². The Kier molecular flexibility index (Phi) is 2.30. The van der Waals surface area contributed by atoms with Crippen molar-refractivity contribution in [3.63, 3.8) is 0 Å². The Morgan fingerprint density at radius 1 is 1.24 bits per heavy atom. The number of halogens is 1. The molecule has 21 heavy (non-hydrogen) atoms. The summed E-state index contributed by atoms with van der Waals surface area (Å²) in [7, 11) is 0. The summed E-state index contributed by atoms with van der Waals surface area (Å²) in [4.78, 5) is 30.4. The van der Waals surface area contributed by atoms with Gasteiger partial charge in [-0.1, -0.05) is 11.6 Å². The van der Waals surface area contributed by atoms with Crippen molar-refractivity contribution in [2.24, 2.45) is 0 Å². The van der Waals surface area contributed by atoms with Crippen LogP contribution in [0.15, 0.2) is 40.4 Å². The van der Waals surface area contributed by atoms with E-state index in [9.17, 15) is 9.59 Å². The van der Waals surface area contributed by atoms with Crippen molar-refractivity contribution in [2.45, 2.75) is 0 Å². The number of H-pyrrole nitrogens is 2. The molecule has 3 heterocycles. The zero-order chi connectivity index (χ0) is 14.6. The molecule has 0 fully saturated rings. The van der Waals surface area contributed by atoms with Crippen LogP contribution in [0.1, 0.15) is 0 Å². The van der Waals surface area contributed by atoms with Crippen molar-refractivity contribution in [1.29, 1.82) is 0 Å². The minimum atomic E-state index is -0.493. The van der Waals surface area contributed by atoms with E-state index in [0.29, 0.717) is 21.7 Å². The molecule has 0 amide bonds. The summed E-state index contributed by atoms with van der Waals surface area (Å²) >= 11 is 6.27. The lowest BCUT2D eigenvalue weighted by atomic mass is 10.2. The van der Waals surface area contributed by atoms with Gasteiger partial charge in [-0.15, -0.1) is 5.10 Å². The molecule has 0 aliphatic carbocycles. The van der Waals surface area contributed by atoms with Crippen LogP contribution in [-0.4, -0.2) is 29.1 Å². The molecule has 0 aliphatic heterocycles. The molecule has 2 N–H and O–H groups in total. The first kappa shape index (κ1) is 11.9. The second-order valence-electron chi connectivity index (χ2n) is 4.43. The number of fused-ring (bicyclic) bond motifs is 3. The minimum absolute atomic E-state index is 0.000975. The fourth-order valence-electron chi connectivity index (χ4n) is 2.29. The minimum Gasteiger partial charge on any atom is -0.317 e. The number of aromatic amines is 2. The Hall–Kier alpha value is -2.87. The van der Waals surface area contributed by atoms with Gasteiger partial charge in [0, 0.05) is 12.4 Å². The van der Waals surface area contributed by atoms with Crippen LogP contribution in [0.4, 0.5) is 0 Å². The number of hydrogen-bond donors (Lipinski definition) is 2. The third kappa shape index (κ3) is 1.62. The molecule has 0 atom stereocenters. The second kappa shape index (κ2) is 4.06. The highest BCUT2D eigenvalue weighted by Gasteiger charge is 2.12. The topological polar surface area (TPSA) is 101 Å². The lowest BCUT2D eigenvalue weighted by molar-refractivity contribution is 1.04. The zero-order valence-corrected chi connectivity index (χ0v) is 11.1. The molecule has 3 aromatic heterocycles. The smallest absolute Gasteiger partial charge is 0.317 e. The Morgan fingerprint density at radius 2 is 2.10 bits per heavy atom. The van der Waals surface area contributed by atoms with Crippen LogP contribution in [0.3, 0.4) is 0 Å². The van der Waals surface area contributed by atoms with Crippen LogP contribution >= 0.6 is 11.6 Å². The maximum absolute atomic E-state index is 11.9. The predicted molar refractivity (Wildman–Crippen MR) is 76.1 cm³/mol. The highest BCUT2D eigenvalue weighted by atomic mass is 35.5. The monoisotopic (exact) mass is 302 g/mol. The van der Waals surface area contributed by atoms with Gasteiger partial charge >= 0.3 is 5.69 Å². The van der Waals surface area contributed by atoms with Crippen LogP contribution in [0, 0.1) is 0 Å². The highest BCUT2D eigenvalue weighted by Crippen LogP contribution is 2.25. The van der Waals surface area contributed by atoms with Gasteiger partial charge in [0.2, 0.25) is 5.65 Å². The SMILES string of the molecule is O=c1[nH]c2cc(-n3ccnc3)c(Cl)cc2n2c(=O)[nH]nc12. The lowest BCUT2D eigenvalue weighted by Gasteiger charge is -2.08. The van der Waals surface area contributed by atoms with Crippen molar-refractivity contribution in [2.75, 3.05) is 0 Å². The van der Waals surface area contributed by atoms with E-state index in [-0.39, 0.29) is 5.65 Å². The molecule has 0 saturated carbocycles. The quantitative estimate of drug-likeness (QED) is 0.540. The van der Waals surface area contributed by atoms with Gasteiger partial charge < -0.3 is 9.55 Å². The number of benzene rings is 1. The maximum atomic E-state index is 11.9. The molecular weight excluding hydrogens is 296 g/mol. The molecule has 0 spiro atoms. The van der Waals surface area contributed by atoms with Crippen molar-refractivity contribution >= 4 is 28.3 Å². The molecule has 104 valence electrons. The van der Waals surface area contributed by atoms with Gasteiger partial charge in [-0.05, 0) is 12.1 Å². The molecule has 0 aliphatic rings. The Bertz CT molecular complexity index is 1090. The number of nitrogens with one attached hydrogen (secondary N) is 2. The number of imidazole rings is 1. The van der Waals surface area contributed by atoms with Crippen LogP contribution in [0.25, 0.3) is 22.4 Å². The molecule has 1 aromatic carbocycles. The van der Waals surface area contributed by atoms with Crippen LogP contribution in [0.5, 0.6) is 0 Å². The van der Waals surface area contributed by atoms with E-state index in [1.54, 1.807) is 35.4 Å². The van der Waals surface area contributed by atoms with Crippen LogP contribution in [0.2, 0.25) is 5.02 Å². The molecule has 0 bridgehead atoms. The fraction of sp³-hybridized carbons (Fsp3) is 0. The average Bonchev–Trinajstić information content (AvgIpc) is 3.09. The summed E-state index contributed by atoms with van der Waals surface area (Å²) in [6.07, 6.45) is 4.94. The van der Waals surface area contributed by atoms with Gasteiger partial charge in [-0.2, -0.15) is 0 Å². The fourth-order valence-corrected chi connectivity index (χ4v) is 2.54. The summed E-state index contributed by atoms with van der Waals surface area (Å²) in [5.41, 5.74) is 0.640. The highest BCUT2D eigenvalue weighted by molar-refractivity contribution is 6.33. The molecule has 0 unspecified atom stereocenters. The molecule has 4 aromatic rings. The Morgan fingerprint density at radius 3 is 2.86 bits per heavy atom. The number of rotatable bonds is 1. The van der Waals surface area contributed by atoms with Gasteiger partial charge in [0.15, 0.2) is 0 Å². The second-order valence-corrected chi connectivity index (χ2v) is 4.84.